The molecule has 0 spiro atoms. The van der Waals surface area contributed by atoms with Crippen molar-refractivity contribution >= 4 is 17.5 Å². The molecule has 2 aromatic rings. The van der Waals surface area contributed by atoms with Gasteiger partial charge in [0.15, 0.2) is 5.82 Å². The van der Waals surface area contributed by atoms with E-state index in [4.69, 9.17) is 11.6 Å². The van der Waals surface area contributed by atoms with E-state index in [1.54, 1.807) is 18.2 Å². The molecule has 0 bridgehead atoms. The van der Waals surface area contributed by atoms with Crippen LogP contribution >= 0.6 is 11.6 Å². The van der Waals surface area contributed by atoms with Crippen molar-refractivity contribution in [3.8, 4) is 0 Å². The fourth-order valence-electron chi connectivity index (χ4n) is 1.61. The lowest BCUT2D eigenvalue weighted by Gasteiger charge is -2.04. The van der Waals surface area contributed by atoms with Gasteiger partial charge in [-0.2, -0.15) is 18.2 Å². The van der Waals surface area contributed by atoms with E-state index in [1.807, 2.05) is 6.92 Å². The molecule has 1 aromatic carbocycles. The van der Waals surface area contributed by atoms with Crippen LogP contribution in [0.2, 0.25) is 5.02 Å². The number of benzene rings is 1. The molecule has 0 saturated heterocycles. The van der Waals surface area contributed by atoms with Crippen LogP contribution in [0.25, 0.3) is 0 Å². The Morgan fingerprint density at radius 1 is 1.41 bits per heavy atom. The average Bonchev–Trinajstić information content (AvgIpc) is 2.89. The highest BCUT2D eigenvalue weighted by Gasteiger charge is 2.38. The minimum atomic E-state index is -4.70. The number of nitrogens with one attached hydrogen (secondary N) is 1. The second-order valence-corrected chi connectivity index (χ2v) is 4.96. The molecule has 1 amide bonds. The molecule has 0 atom stereocenters. The number of halogens is 4. The lowest BCUT2D eigenvalue weighted by Crippen LogP contribution is -2.25. The van der Waals surface area contributed by atoms with E-state index < -0.39 is 18.0 Å². The predicted molar refractivity (Wildman–Crippen MR) is 71.0 cm³/mol. The predicted octanol–water partition coefficient (Wildman–Crippen LogP) is 2.91. The summed E-state index contributed by atoms with van der Waals surface area (Å²) in [5.74, 6) is -2.08. The largest absolute Gasteiger partial charge is 0.471 e. The van der Waals surface area contributed by atoms with Crippen LogP contribution in [-0.2, 0) is 23.9 Å². The van der Waals surface area contributed by atoms with Gasteiger partial charge in [0.05, 0.1) is 13.0 Å². The SMILES string of the molecule is Cc1ccc(CC(=O)NCc2noc(C(F)(F)F)n2)cc1Cl. The Balaban J connectivity index is 1.90. The van der Waals surface area contributed by atoms with Crippen LogP contribution in [0.15, 0.2) is 22.7 Å². The summed E-state index contributed by atoms with van der Waals surface area (Å²) in [5.41, 5.74) is 1.58. The number of aryl methyl sites for hydroxylation is 1. The number of rotatable bonds is 4. The highest BCUT2D eigenvalue weighted by molar-refractivity contribution is 6.31. The van der Waals surface area contributed by atoms with Gasteiger partial charge < -0.3 is 9.84 Å². The molecule has 22 heavy (non-hydrogen) atoms. The quantitative estimate of drug-likeness (QED) is 0.934. The first kappa shape index (κ1) is 16.3. The zero-order valence-corrected chi connectivity index (χ0v) is 12.1. The maximum Gasteiger partial charge on any atom is 0.471 e. The summed E-state index contributed by atoms with van der Waals surface area (Å²) >= 11 is 5.95. The van der Waals surface area contributed by atoms with E-state index in [-0.39, 0.29) is 18.8 Å². The van der Waals surface area contributed by atoms with Gasteiger partial charge in [0.25, 0.3) is 0 Å². The van der Waals surface area contributed by atoms with E-state index in [2.05, 4.69) is 20.0 Å². The molecule has 0 radical (unpaired) electrons. The highest BCUT2D eigenvalue weighted by Crippen LogP contribution is 2.27. The van der Waals surface area contributed by atoms with Crippen molar-refractivity contribution in [2.45, 2.75) is 26.1 Å². The second-order valence-electron chi connectivity index (χ2n) is 4.55. The van der Waals surface area contributed by atoms with E-state index >= 15 is 0 Å². The zero-order valence-electron chi connectivity index (χ0n) is 11.4. The number of hydrogen-bond acceptors (Lipinski definition) is 4. The molecule has 0 fully saturated rings. The topological polar surface area (TPSA) is 68.0 Å². The number of alkyl halides is 3. The number of nitrogens with zero attached hydrogens (tertiary/aromatic N) is 2. The summed E-state index contributed by atoms with van der Waals surface area (Å²) in [6.07, 6.45) is -4.65. The summed E-state index contributed by atoms with van der Waals surface area (Å²) in [6, 6.07) is 5.18. The minimum Gasteiger partial charge on any atom is -0.348 e. The van der Waals surface area contributed by atoms with Crippen LogP contribution in [0.1, 0.15) is 22.8 Å². The lowest BCUT2D eigenvalue weighted by atomic mass is 10.1. The second kappa shape index (κ2) is 6.35. The standard InChI is InChI=1S/C13H11ClF3N3O2/c1-7-2-3-8(4-9(7)14)5-11(21)18-6-10-19-12(22-20-10)13(15,16)17/h2-4H,5-6H2,1H3,(H,18,21). The molecule has 0 aliphatic carbocycles. The van der Waals surface area contributed by atoms with Gasteiger partial charge in [0, 0.05) is 5.02 Å². The molecule has 5 nitrogen and oxygen atoms in total. The summed E-state index contributed by atoms with van der Waals surface area (Å²) in [4.78, 5) is 14.9. The van der Waals surface area contributed by atoms with Crippen LogP contribution < -0.4 is 5.32 Å². The molecule has 2 rings (SSSR count). The Morgan fingerprint density at radius 2 is 2.14 bits per heavy atom. The summed E-state index contributed by atoms with van der Waals surface area (Å²) in [5, 5.41) is 6.10. The van der Waals surface area contributed by atoms with Gasteiger partial charge in [-0.25, -0.2) is 0 Å². The monoisotopic (exact) mass is 333 g/mol. The van der Waals surface area contributed by atoms with Crippen molar-refractivity contribution in [2.24, 2.45) is 0 Å². The van der Waals surface area contributed by atoms with Crippen molar-refractivity contribution in [1.82, 2.24) is 15.5 Å². The van der Waals surface area contributed by atoms with Gasteiger partial charge >= 0.3 is 12.1 Å². The van der Waals surface area contributed by atoms with Crippen LogP contribution in [-0.4, -0.2) is 16.0 Å². The Hall–Kier alpha value is -2.09. The van der Waals surface area contributed by atoms with Crippen molar-refractivity contribution < 1.29 is 22.5 Å². The summed E-state index contributed by atoms with van der Waals surface area (Å²) in [7, 11) is 0. The Labute approximate surface area is 128 Å². The third kappa shape index (κ3) is 4.20. The highest BCUT2D eigenvalue weighted by atomic mass is 35.5. The minimum absolute atomic E-state index is 0.0456. The third-order valence-corrected chi connectivity index (χ3v) is 3.16. The normalized spacial score (nSPS) is 11.5. The van der Waals surface area contributed by atoms with Crippen LogP contribution in [0, 0.1) is 6.92 Å². The Morgan fingerprint density at radius 3 is 2.73 bits per heavy atom. The Kier molecular flexibility index (Phi) is 4.70. The smallest absolute Gasteiger partial charge is 0.348 e. The van der Waals surface area contributed by atoms with E-state index in [0.29, 0.717) is 10.6 Å². The summed E-state index contributed by atoms with van der Waals surface area (Å²) in [6.45, 7) is 1.58. The summed E-state index contributed by atoms with van der Waals surface area (Å²) < 4.78 is 40.8. The number of carbonyl (C=O) groups is 1. The first-order valence-electron chi connectivity index (χ1n) is 6.17. The molecule has 0 aliphatic rings. The van der Waals surface area contributed by atoms with Gasteiger partial charge in [-0.05, 0) is 24.1 Å². The van der Waals surface area contributed by atoms with Gasteiger partial charge in [-0.15, -0.1) is 0 Å². The molecule has 0 saturated carbocycles. The molecule has 1 N–H and O–H groups in total. The van der Waals surface area contributed by atoms with E-state index in [0.717, 1.165) is 5.56 Å². The van der Waals surface area contributed by atoms with Gasteiger partial charge in [0.2, 0.25) is 5.91 Å². The molecular weight excluding hydrogens is 323 g/mol. The van der Waals surface area contributed by atoms with Crippen molar-refractivity contribution in [2.75, 3.05) is 0 Å². The molecule has 0 aliphatic heterocycles. The third-order valence-electron chi connectivity index (χ3n) is 2.76. The maximum absolute atomic E-state index is 12.3. The number of aromatic nitrogens is 2. The van der Waals surface area contributed by atoms with Crippen molar-refractivity contribution in [3.05, 3.63) is 46.1 Å². The van der Waals surface area contributed by atoms with Crippen molar-refractivity contribution in [3.63, 3.8) is 0 Å². The van der Waals surface area contributed by atoms with Crippen LogP contribution in [0.4, 0.5) is 13.2 Å². The fourth-order valence-corrected chi connectivity index (χ4v) is 1.82. The fraction of sp³-hybridized carbons (Fsp3) is 0.308. The molecule has 118 valence electrons. The lowest BCUT2D eigenvalue weighted by molar-refractivity contribution is -0.159. The average molecular weight is 334 g/mol. The first-order chi connectivity index (χ1) is 10.3. The molecule has 1 aromatic heterocycles. The molecule has 1 heterocycles. The van der Waals surface area contributed by atoms with Gasteiger partial charge in [0.1, 0.15) is 0 Å². The number of carbonyl (C=O) groups excluding carboxylic acids is 1. The van der Waals surface area contributed by atoms with Crippen molar-refractivity contribution in [1.29, 1.82) is 0 Å². The molecule has 9 heteroatoms. The van der Waals surface area contributed by atoms with E-state index in [1.165, 1.54) is 0 Å². The van der Waals surface area contributed by atoms with Crippen LogP contribution in [0.5, 0.6) is 0 Å². The zero-order chi connectivity index (χ0) is 16.3. The Bertz CT molecular complexity index is 685. The number of hydrogen-bond donors (Lipinski definition) is 1. The molecular formula is C13H11ClF3N3O2. The van der Waals surface area contributed by atoms with Crippen LogP contribution in [0.3, 0.4) is 0 Å². The van der Waals surface area contributed by atoms with E-state index in [9.17, 15) is 18.0 Å². The number of amides is 1. The molecule has 0 unspecified atom stereocenters. The maximum atomic E-state index is 12.3. The van der Waals surface area contributed by atoms with Gasteiger partial charge in [-0.1, -0.05) is 28.9 Å². The van der Waals surface area contributed by atoms with Gasteiger partial charge in [-0.3, -0.25) is 4.79 Å². The first-order valence-corrected chi connectivity index (χ1v) is 6.55.